The highest BCUT2D eigenvalue weighted by Crippen LogP contribution is 2.26. The van der Waals surface area contributed by atoms with Gasteiger partial charge in [-0.05, 0) is 25.0 Å². The summed E-state index contributed by atoms with van der Waals surface area (Å²) in [6.45, 7) is 6.50. The molecular formula is C17H20N2. The smallest absolute Gasteiger partial charge is 0.150 e. The third-order valence-corrected chi connectivity index (χ3v) is 3.88. The second-order valence-corrected chi connectivity index (χ2v) is 5.22. The molecule has 0 N–H and O–H groups in total. The summed E-state index contributed by atoms with van der Waals surface area (Å²) < 4.78 is 2.39. The van der Waals surface area contributed by atoms with Crippen LogP contribution in [-0.2, 0) is 0 Å². The van der Waals surface area contributed by atoms with E-state index in [9.17, 15) is 0 Å². The Morgan fingerprint density at radius 2 is 2.05 bits per heavy atom. The van der Waals surface area contributed by atoms with Crippen LogP contribution in [0.4, 0.5) is 5.69 Å². The van der Waals surface area contributed by atoms with Gasteiger partial charge in [0.15, 0.2) is 0 Å². The van der Waals surface area contributed by atoms with Crippen molar-refractivity contribution in [1.29, 1.82) is 0 Å². The molecule has 0 saturated heterocycles. The number of anilines is 1. The van der Waals surface area contributed by atoms with E-state index in [-0.39, 0.29) is 0 Å². The molecule has 0 radical (unpaired) electrons. The van der Waals surface area contributed by atoms with Gasteiger partial charge in [0.2, 0.25) is 0 Å². The van der Waals surface area contributed by atoms with Crippen LogP contribution in [0, 0.1) is 13.0 Å². The van der Waals surface area contributed by atoms with Gasteiger partial charge >= 0.3 is 0 Å². The van der Waals surface area contributed by atoms with Crippen molar-refractivity contribution >= 4 is 12.0 Å². The number of hydrogen-bond acceptors (Lipinski definition) is 1. The van der Waals surface area contributed by atoms with Crippen LogP contribution in [0.25, 0.3) is 0 Å². The fourth-order valence-electron chi connectivity index (χ4n) is 2.77. The molecule has 1 aromatic carbocycles. The van der Waals surface area contributed by atoms with Crippen LogP contribution in [0.2, 0.25) is 0 Å². The lowest BCUT2D eigenvalue weighted by Gasteiger charge is -2.25. The molecule has 2 aliphatic rings. The second-order valence-electron chi connectivity index (χ2n) is 5.22. The largest absolute Gasteiger partial charge is 0.339 e. The quantitative estimate of drug-likeness (QED) is 0.578. The summed E-state index contributed by atoms with van der Waals surface area (Å²) in [6.07, 6.45) is 9.87. The summed E-state index contributed by atoms with van der Waals surface area (Å²) in [7, 11) is 0. The molecule has 1 heterocycles. The molecule has 3 rings (SSSR count). The molecule has 2 heteroatoms. The first kappa shape index (κ1) is 12.1. The predicted molar refractivity (Wildman–Crippen MR) is 80.5 cm³/mol. The third-order valence-electron chi connectivity index (χ3n) is 3.88. The molecule has 98 valence electrons. The van der Waals surface area contributed by atoms with Gasteiger partial charge in [-0.25, -0.2) is 0 Å². The minimum atomic E-state index is 1.04. The van der Waals surface area contributed by atoms with Crippen LogP contribution in [0.3, 0.4) is 0 Å². The Morgan fingerprint density at radius 1 is 1.21 bits per heavy atom. The molecule has 0 aromatic heterocycles. The SMILES string of the molecule is CC1=CC=CC[C-]1[N+]1=CN(c2ccccc2C)CC1. The summed E-state index contributed by atoms with van der Waals surface area (Å²) >= 11 is 0. The Morgan fingerprint density at radius 3 is 2.84 bits per heavy atom. The number of nitrogens with zero attached hydrogens (tertiary/aromatic N) is 2. The summed E-state index contributed by atoms with van der Waals surface area (Å²) in [4.78, 5) is 2.36. The molecular weight excluding hydrogens is 232 g/mol. The first-order valence-electron chi connectivity index (χ1n) is 6.89. The fourth-order valence-corrected chi connectivity index (χ4v) is 2.77. The average Bonchev–Trinajstić information content (AvgIpc) is 2.89. The lowest BCUT2D eigenvalue weighted by atomic mass is 10.0. The number of hydrogen-bond donors (Lipinski definition) is 0. The molecule has 1 aliphatic carbocycles. The van der Waals surface area contributed by atoms with Crippen LogP contribution < -0.4 is 4.90 Å². The lowest BCUT2D eigenvalue weighted by molar-refractivity contribution is -0.494. The summed E-state index contributed by atoms with van der Waals surface area (Å²) in [6, 6.07) is 10.0. The van der Waals surface area contributed by atoms with Gasteiger partial charge in [0, 0.05) is 6.04 Å². The van der Waals surface area contributed by atoms with Crippen molar-refractivity contribution in [3.05, 3.63) is 59.7 Å². The Balaban J connectivity index is 1.84. The topological polar surface area (TPSA) is 6.25 Å². The molecule has 0 fully saturated rings. The number of allylic oxidation sites excluding steroid dienone is 2. The van der Waals surface area contributed by atoms with Crippen LogP contribution in [0.15, 0.2) is 48.1 Å². The van der Waals surface area contributed by atoms with Crippen LogP contribution >= 0.6 is 0 Å². The van der Waals surface area contributed by atoms with E-state index in [0.29, 0.717) is 0 Å². The van der Waals surface area contributed by atoms with Crippen LogP contribution in [0.1, 0.15) is 18.9 Å². The molecule has 1 aliphatic heterocycles. The minimum Gasteiger partial charge on any atom is -0.339 e. The zero-order valence-electron chi connectivity index (χ0n) is 11.6. The number of para-hydroxylation sites is 1. The number of benzene rings is 1. The first-order valence-corrected chi connectivity index (χ1v) is 6.89. The Bertz CT molecular complexity index is 566. The molecule has 0 saturated carbocycles. The van der Waals surface area contributed by atoms with Gasteiger partial charge < -0.3 is 4.58 Å². The van der Waals surface area contributed by atoms with E-state index >= 15 is 0 Å². The van der Waals surface area contributed by atoms with Gasteiger partial charge in [0.25, 0.3) is 0 Å². The Labute approximate surface area is 115 Å². The minimum absolute atomic E-state index is 1.04. The highest BCUT2D eigenvalue weighted by Gasteiger charge is 2.22. The van der Waals surface area contributed by atoms with Crippen molar-refractivity contribution in [1.82, 2.24) is 0 Å². The predicted octanol–water partition coefficient (Wildman–Crippen LogP) is 3.29. The molecule has 2 nitrogen and oxygen atoms in total. The van der Waals surface area contributed by atoms with E-state index in [2.05, 4.69) is 72.2 Å². The van der Waals surface area contributed by atoms with E-state index in [1.165, 1.54) is 22.9 Å². The number of aryl methyl sites for hydroxylation is 1. The number of rotatable bonds is 2. The van der Waals surface area contributed by atoms with E-state index < -0.39 is 0 Å². The molecule has 1 aromatic rings. The van der Waals surface area contributed by atoms with Crippen molar-refractivity contribution in [2.24, 2.45) is 0 Å². The van der Waals surface area contributed by atoms with Gasteiger partial charge in [0.05, 0.1) is 0 Å². The van der Waals surface area contributed by atoms with E-state index in [1.807, 2.05) is 0 Å². The van der Waals surface area contributed by atoms with Gasteiger partial charge in [0.1, 0.15) is 25.1 Å². The molecule has 0 atom stereocenters. The maximum absolute atomic E-state index is 2.39. The summed E-state index contributed by atoms with van der Waals surface area (Å²) in [5.74, 6) is 0. The highest BCUT2D eigenvalue weighted by atomic mass is 15.3. The third kappa shape index (κ3) is 2.30. The van der Waals surface area contributed by atoms with E-state index in [1.54, 1.807) is 0 Å². The van der Waals surface area contributed by atoms with Crippen molar-refractivity contribution in [2.45, 2.75) is 20.3 Å². The van der Waals surface area contributed by atoms with E-state index in [0.717, 1.165) is 19.5 Å². The Hall–Kier alpha value is -1.96. The normalized spacial score (nSPS) is 18.6. The van der Waals surface area contributed by atoms with Gasteiger partial charge in [-0.3, -0.25) is 4.90 Å². The van der Waals surface area contributed by atoms with Gasteiger partial charge in [-0.1, -0.05) is 25.1 Å². The molecule has 19 heavy (non-hydrogen) atoms. The zero-order valence-corrected chi connectivity index (χ0v) is 11.6. The van der Waals surface area contributed by atoms with Crippen LogP contribution in [0.5, 0.6) is 0 Å². The molecule has 0 spiro atoms. The lowest BCUT2D eigenvalue weighted by Crippen LogP contribution is -2.20. The first-order chi connectivity index (χ1) is 9.25. The standard InChI is InChI=1S/C17H20N2/c1-14-7-3-5-9-16(14)18-11-12-19(13-18)17-10-6-4-8-15(17)2/h3-9,13H,10-12H2,1-2H3. The van der Waals surface area contributed by atoms with Crippen molar-refractivity contribution in [3.8, 4) is 0 Å². The van der Waals surface area contributed by atoms with Crippen LogP contribution in [-0.4, -0.2) is 24.0 Å². The maximum atomic E-state index is 2.39. The van der Waals surface area contributed by atoms with Gasteiger partial charge in [-0.2, -0.15) is 6.08 Å². The second kappa shape index (κ2) is 4.96. The summed E-state index contributed by atoms with van der Waals surface area (Å²) in [5, 5.41) is 0. The molecule has 0 bridgehead atoms. The maximum Gasteiger partial charge on any atom is 0.150 e. The highest BCUT2D eigenvalue weighted by molar-refractivity contribution is 5.79. The van der Waals surface area contributed by atoms with Crippen molar-refractivity contribution < 1.29 is 4.58 Å². The van der Waals surface area contributed by atoms with Crippen molar-refractivity contribution in [3.63, 3.8) is 0 Å². The molecule has 0 amide bonds. The van der Waals surface area contributed by atoms with Gasteiger partial charge in [-0.15, -0.1) is 17.7 Å². The monoisotopic (exact) mass is 252 g/mol. The molecule has 0 unspecified atom stereocenters. The summed E-state index contributed by atoms with van der Waals surface area (Å²) in [5.41, 5.74) is 4.03. The Kier molecular flexibility index (Phi) is 3.16. The van der Waals surface area contributed by atoms with E-state index in [4.69, 9.17) is 0 Å². The van der Waals surface area contributed by atoms with Crippen molar-refractivity contribution in [2.75, 3.05) is 18.0 Å². The zero-order chi connectivity index (χ0) is 13.2. The average molecular weight is 252 g/mol. The fraction of sp³-hybridized carbons (Fsp3) is 0.294.